The van der Waals surface area contributed by atoms with Gasteiger partial charge in [0, 0.05) is 18.7 Å². The summed E-state index contributed by atoms with van der Waals surface area (Å²) in [5, 5.41) is 3.45. The Balaban J connectivity index is 2.14. The van der Waals surface area contributed by atoms with Crippen LogP contribution in [-0.4, -0.2) is 26.3 Å². The van der Waals surface area contributed by atoms with E-state index < -0.39 is 5.82 Å². The van der Waals surface area contributed by atoms with Gasteiger partial charge in [0.1, 0.15) is 31.5 Å². The van der Waals surface area contributed by atoms with Gasteiger partial charge in [-0.2, -0.15) is 0 Å². The summed E-state index contributed by atoms with van der Waals surface area (Å²) in [5.41, 5.74) is 1.44. The number of ether oxygens (including phenoxy) is 1. The summed E-state index contributed by atoms with van der Waals surface area (Å²) >= 11 is 5.73. The van der Waals surface area contributed by atoms with Gasteiger partial charge >= 0.3 is 0 Å². The number of carbonyl (C=O) groups excluding carboxylic acids is 1. The maximum Gasteiger partial charge on any atom is 0.272 e. The SMILES string of the molecule is CON=CC(=O)N(C)c1ccccc1COc1ccc(F)c(Cl)c1. The number of amides is 1. The van der Waals surface area contributed by atoms with Gasteiger partial charge in [-0.25, -0.2) is 4.39 Å². The van der Waals surface area contributed by atoms with Gasteiger partial charge in [-0.3, -0.25) is 4.79 Å². The molecule has 2 aromatic rings. The zero-order valence-corrected chi connectivity index (χ0v) is 14.0. The fourth-order valence-electron chi connectivity index (χ4n) is 1.99. The summed E-state index contributed by atoms with van der Waals surface area (Å²) in [4.78, 5) is 17.9. The Morgan fingerprint density at radius 3 is 2.79 bits per heavy atom. The monoisotopic (exact) mass is 350 g/mol. The first-order valence-corrected chi connectivity index (χ1v) is 7.40. The second-order valence-electron chi connectivity index (χ2n) is 4.81. The van der Waals surface area contributed by atoms with Crippen molar-refractivity contribution in [3.63, 3.8) is 0 Å². The molecule has 5 nitrogen and oxygen atoms in total. The highest BCUT2D eigenvalue weighted by molar-refractivity contribution is 6.32. The normalized spacial score (nSPS) is 10.7. The number of para-hydroxylation sites is 1. The van der Waals surface area contributed by atoms with E-state index >= 15 is 0 Å². The Morgan fingerprint density at radius 1 is 1.33 bits per heavy atom. The Hall–Kier alpha value is -2.60. The van der Waals surface area contributed by atoms with E-state index in [2.05, 4.69) is 9.99 Å². The van der Waals surface area contributed by atoms with Crippen molar-refractivity contribution in [2.75, 3.05) is 19.1 Å². The maximum absolute atomic E-state index is 13.2. The van der Waals surface area contributed by atoms with E-state index in [9.17, 15) is 9.18 Å². The number of benzene rings is 2. The van der Waals surface area contributed by atoms with Crippen LogP contribution in [0, 0.1) is 5.82 Å². The number of hydrogen-bond donors (Lipinski definition) is 0. The molecule has 126 valence electrons. The third kappa shape index (κ3) is 4.45. The minimum Gasteiger partial charge on any atom is -0.489 e. The van der Waals surface area contributed by atoms with Crippen LogP contribution in [0.15, 0.2) is 47.6 Å². The summed E-state index contributed by atoms with van der Waals surface area (Å²) in [6.45, 7) is 0.192. The average Bonchev–Trinajstić information content (AvgIpc) is 2.60. The van der Waals surface area contributed by atoms with Crippen LogP contribution in [0.5, 0.6) is 5.75 Å². The average molecular weight is 351 g/mol. The Bertz CT molecular complexity index is 752. The molecule has 0 unspecified atom stereocenters. The van der Waals surface area contributed by atoms with Crippen molar-refractivity contribution >= 4 is 29.4 Å². The van der Waals surface area contributed by atoms with E-state index in [1.807, 2.05) is 18.2 Å². The molecule has 0 aliphatic carbocycles. The molecule has 0 aliphatic rings. The fraction of sp³-hybridized carbons (Fsp3) is 0.176. The maximum atomic E-state index is 13.2. The third-order valence-electron chi connectivity index (χ3n) is 3.24. The largest absolute Gasteiger partial charge is 0.489 e. The zero-order valence-electron chi connectivity index (χ0n) is 13.2. The first kappa shape index (κ1) is 17.7. The smallest absolute Gasteiger partial charge is 0.272 e. The molecule has 0 N–H and O–H groups in total. The van der Waals surface area contributed by atoms with Crippen LogP contribution >= 0.6 is 11.6 Å². The first-order valence-electron chi connectivity index (χ1n) is 7.03. The number of rotatable bonds is 6. The fourth-order valence-corrected chi connectivity index (χ4v) is 2.16. The van der Waals surface area contributed by atoms with Crippen LogP contribution in [-0.2, 0) is 16.2 Å². The summed E-state index contributed by atoms with van der Waals surface area (Å²) in [6.07, 6.45) is 1.08. The van der Waals surface area contributed by atoms with Crippen LogP contribution in [0.25, 0.3) is 0 Å². The Labute approximate surface area is 144 Å². The molecule has 0 spiro atoms. The minimum atomic E-state index is -0.507. The van der Waals surface area contributed by atoms with Gasteiger partial charge in [0.25, 0.3) is 5.91 Å². The van der Waals surface area contributed by atoms with E-state index in [0.717, 1.165) is 11.8 Å². The molecule has 2 rings (SSSR count). The molecule has 7 heteroatoms. The van der Waals surface area contributed by atoms with E-state index in [0.29, 0.717) is 11.4 Å². The van der Waals surface area contributed by atoms with Gasteiger partial charge in [0.2, 0.25) is 0 Å². The van der Waals surface area contributed by atoms with Crippen LogP contribution < -0.4 is 9.64 Å². The summed E-state index contributed by atoms with van der Waals surface area (Å²) in [5.74, 6) is -0.410. The summed E-state index contributed by atoms with van der Waals surface area (Å²) in [6, 6.07) is 11.4. The third-order valence-corrected chi connectivity index (χ3v) is 3.53. The number of hydrogen-bond acceptors (Lipinski definition) is 4. The number of anilines is 1. The van der Waals surface area contributed by atoms with Crippen LogP contribution in [0.4, 0.5) is 10.1 Å². The standard InChI is InChI=1S/C17H16ClFN2O3/c1-21(17(22)10-20-23-2)16-6-4-3-5-12(16)11-24-13-7-8-15(19)14(18)9-13/h3-10H,11H2,1-2H3. The number of carbonyl (C=O) groups is 1. The van der Waals surface area contributed by atoms with Crippen molar-refractivity contribution in [1.29, 1.82) is 0 Å². The highest BCUT2D eigenvalue weighted by Gasteiger charge is 2.13. The predicted octanol–water partition coefficient (Wildman–Crippen LogP) is 3.65. The van der Waals surface area contributed by atoms with Gasteiger partial charge in [-0.05, 0) is 18.2 Å². The molecule has 24 heavy (non-hydrogen) atoms. The molecule has 0 aromatic heterocycles. The number of nitrogens with zero attached hydrogens (tertiary/aromatic N) is 2. The predicted molar refractivity (Wildman–Crippen MR) is 91.1 cm³/mol. The van der Waals surface area contributed by atoms with Crippen molar-refractivity contribution < 1.29 is 18.8 Å². The second kappa shape index (κ2) is 8.31. The van der Waals surface area contributed by atoms with Gasteiger partial charge in [-0.15, -0.1) is 0 Å². The molecular weight excluding hydrogens is 335 g/mol. The van der Waals surface area contributed by atoms with Crippen molar-refractivity contribution in [3.05, 3.63) is 58.9 Å². The highest BCUT2D eigenvalue weighted by atomic mass is 35.5. The molecule has 0 heterocycles. The lowest BCUT2D eigenvalue weighted by Gasteiger charge is -2.19. The van der Waals surface area contributed by atoms with Crippen LogP contribution in [0.3, 0.4) is 0 Å². The molecule has 0 atom stereocenters. The van der Waals surface area contributed by atoms with Crippen molar-refractivity contribution in [1.82, 2.24) is 0 Å². The number of halogens is 2. The van der Waals surface area contributed by atoms with E-state index in [1.165, 1.54) is 30.2 Å². The lowest BCUT2D eigenvalue weighted by Crippen LogP contribution is -2.28. The van der Waals surface area contributed by atoms with E-state index in [1.54, 1.807) is 13.1 Å². The summed E-state index contributed by atoms with van der Waals surface area (Å²) in [7, 11) is 2.98. The molecule has 2 aromatic carbocycles. The van der Waals surface area contributed by atoms with E-state index in [4.69, 9.17) is 16.3 Å². The molecule has 1 amide bonds. The van der Waals surface area contributed by atoms with Crippen LogP contribution in [0.2, 0.25) is 5.02 Å². The van der Waals surface area contributed by atoms with Gasteiger partial charge in [0.15, 0.2) is 0 Å². The molecule has 0 saturated heterocycles. The second-order valence-corrected chi connectivity index (χ2v) is 5.21. The van der Waals surface area contributed by atoms with Gasteiger partial charge in [-0.1, -0.05) is 35.0 Å². The first-order chi connectivity index (χ1) is 11.5. The topological polar surface area (TPSA) is 51.1 Å². The van der Waals surface area contributed by atoms with Gasteiger partial charge < -0.3 is 14.5 Å². The lowest BCUT2D eigenvalue weighted by molar-refractivity contribution is -0.112. The quantitative estimate of drug-likeness (QED) is 0.590. The van der Waals surface area contributed by atoms with Crippen LogP contribution in [0.1, 0.15) is 5.56 Å². The molecule has 0 aliphatic heterocycles. The Kier molecular flexibility index (Phi) is 6.14. The molecule has 0 fully saturated rings. The van der Waals surface area contributed by atoms with Crippen molar-refractivity contribution in [2.24, 2.45) is 5.16 Å². The van der Waals surface area contributed by atoms with Gasteiger partial charge in [0.05, 0.1) is 10.7 Å². The molecule has 0 bridgehead atoms. The summed E-state index contributed by atoms with van der Waals surface area (Å²) < 4.78 is 18.8. The number of oxime groups is 1. The molecular formula is C17H16ClFN2O3. The van der Waals surface area contributed by atoms with Crippen molar-refractivity contribution in [2.45, 2.75) is 6.61 Å². The molecule has 0 saturated carbocycles. The minimum absolute atomic E-state index is 0.0103. The Morgan fingerprint density at radius 2 is 2.08 bits per heavy atom. The van der Waals surface area contributed by atoms with Crippen molar-refractivity contribution in [3.8, 4) is 5.75 Å². The lowest BCUT2D eigenvalue weighted by atomic mass is 10.1. The molecule has 0 radical (unpaired) electrons. The highest BCUT2D eigenvalue weighted by Crippen LogP contribution is 2.24. The zero-order chi connectivity index (χ0) is 17.5. The van der Waals surface area contributed by atoms with E-state index in [-0.39, 0.29) is 17.5 Å².